The Morgan fingerprint density at radius 1 is 1.14 bits per heavy atom. The molecule has 0 saturated carbocycles. The minimum absolute atomic E-state index is 0.696. The normalized spacial score (nSPS) is 11.4. The Labute approximate surface area is 134 Å². The maximum atomic E-state index is 5.86. The molecule has 0 radical (unpaired) electrons. The van der Waals surface area contributed by atoms with Gasteiger partial charge < -0.3 is 4.42 Å². The predicted molar refractivity (Wildman–Crippen MR) is 89.4 cm³/mol. The fourth-order valence-electron chi connectivity index (χ4n) is 2.61. The molecule has 5 heteroatoms. The number of nitrogens with zero attached hydrogens (tertiary/aromatic N) is 3. The highest BCUT2D eigenvalue weighted by atomic mass is 32.2. The Hall–Kier alpha value is -1.75. The fourth-order valence-corrected chi connectivity index (χ4v) is 3.73. The summed E-state index contributed by atoms with van der Waals surface area (Å²) in [6.07, 6.45) is 2.98. The predicted octanol–water partition coefficient (Wildman–Crippen LogP) is 4.71. The van der Waals surface area contributed by atoms with Crippen molar-refractivity contribution in [3.05, 3.63) is 35.7 Å². The maximum absolute atomic E-state index is 5.86. The lowest BCUT2D eigenvalue weighted by atomic mass is 10.2. The number of oxazole rings is 1. The van der Waals surface area contributed by atoms with E-state index in [-0.39, 0.29) is 0 Å². The molecule has 0 aliphatic heterocycles. The van der Waals surface area contributed by atoms with E-state index in [0.717, 1.165) is 42.6 Å². The first kappa shape index (κ1) is 15.2. The molecule has 0 N–H and O–H groups in total. The van der Waals surface area contributed by atoms with Gasteiger partial charge in [-0.05, 0) is 43.2 Å². The van der Waals surface area contributed by atoms with E-state index in [2.05, 4.69) is 30.4 Å². The molecule has 3 rings (SSSR count). The lowest BCUT2D eigenvalue weighted by molar-refractivity contribution is 0.489. The van der Waals surface area contributed by atoms with Crippen LogP contribution < -0.4 is 0 Å². The van der Waals surface area contributed by atoms with Gasteiger partial charge in [0.05, 0.1) is 16.3 Å². The quantitative estimate of drug-likeness (QED) is 0.660. The first-order valence-corrected chi connectivity index (χ1v) is 8.70. The van der Waals surface area contributed by atoms with Gasteiger partial charge in [0.2, 0.25) is 0 Å². The minimum atomic E-state index is 0.696. The van der Waals surface area contributed by atoms with Crippen molar-refractivity contribution in [2.75, 3.05) is 0 Å². The highest BCUT2D eigenvalue weighted by molar-refractivity contribution is 7.99. The molecule has 116 valence electrons. The third-order valence-electron chi connectivity index (χ3n) is 3.65. The number of para-hydroxylation sites is 2. The van der Waals surface area contributed by atoms with Crippen LogP contribution in [-0.4, -0.2) is 14.8 Å². The number of aromatic nitrogens is 3. The smallest absolute Gasteiger partial charge is 0.261 e. The second-order valence-electron chi connectivity index (χ2n) is 5.20. The van der Waals surface area contributed by atoms with Crippen LogP contribution >= 0.6 is 11.8 Å². The lowest BCUT2D eigenvalue weighted by Crippen LogP contribution is -2.03. The van der Waals surface area contributed by atoms with Crippen molar-refractivity contribution in [2.45, 2.75) is 56.7 Å². The second kappa shape index (κ2) is 6.57. The first-order chi connectivity index (χ1) is 10.8. The number of hydrogen-bond acceptors (Lipinski definition) is 4. The summed E-state index contributed by atoms with van der Waals surface area (Å²) in [5.74, 6) is 0. The Morgan fingerprint density at radius 2 is 1.95 bits per heavy atom. The number of fused-ring (bicyclic) bond motifs is 1. The molecular weight excluding hydrogens is 294 g/mol. The number of benzene rings is 1. The summed E-state index contributed by atoms with van der Waals surface area (Å²) in [5, 5.41) is 5.46. The van der Waals surface area contributed by atoms with Crippen LogP contribution in [0.4, 0.5) is 0 Å². The van der Waals surface area contributed by atoms with Crippen LogP contribution in [0.3, 0.4) is 0 Å². The van der Waals surface area contributed by atoms with Gasteiger partial charge in [-0.2, -0.15) is 5.10 Å². The van der Waals surface area contributed by atoms with Gasteiger partial charge in [-0.15, -0.1) is 0 Å². The molecule has 0 fully saturated rings. The summed E-state index contributed by atoms with van der Waals surface area (Å²) < 4.78 is 8.00. The zero-order valence-electron chi connectivity index (χ0n) is 13.3. The second-order valence-corrected chi connectivity index (χ2v) is 6.16. The van der Waals surface area contributed by atoms with Gasteiger partial charge in [-0.3, -0.25) is 4.68 Å². The van der Waals surface area contributed by atoms with Crippen LogP contribution in [0.5, 0.6) is 0 Å². The van der Waals surface area contributed by atoms with Crippen LogP contribution in [0.25, 0.3) is 11.1 Å². The number of rotatable bonds is 6. The molecule has 2 heterocycles. The molecule has 22 heavy (non-hydrogen) atoms. The summed E-state index contributed by atoms with van der Waals surface area (Å²) >= 11 is 1.60. The molecule has 0 aliphatic rings. The Kier molecular flexibility index (Phi) is 4.52. The first-order valence-electron chi connectivity index (χ1n) is 7.88. The fraction of sp³-hybridized carbons (Fsp3) is 0.412. The Balaban J connectivity index is 1.99. The third-order valence-corrected chi connectivity index (χ3v) is 4.67. The standard InChI is InChI=1S/C17H21N3OS/c1-4-11-20-14(6-3)16(12(5-2)19-20)22-17-18-13-9-7-8-10-15(13)21-17/h7-10H,4-6,11H2,1-3H3. The van der Waals surface area contributed by atoms with E-state index in [0.29, 0.717) is 5.22 Å². The van der Waals surface area contributed by atoms with Crippen molar-refractivity contribution in [1.29, 1.82) is 0 Å². The van der Waals surface area contributed by atoms with Crippen molar-refractivity contribution in [2.24, 2.45) is 0 Å². The van der Waals surface area contributed by atoms with Crippen molar-refractivity contribution in [1.82, 2.24) is 14.8 Å². The molecule has 0 atom stereocenters. The molecule has 2 aromatic heterocycles. The van der Waals surface area contributed by atoms with Crippen LogP contribution in [0, 0.1) is 0 Å². The van der Waals surface area contributed by atoms with Gasteiger partial charge in [-0.1, -0.05) is 32.9 Å². The SMILES string of the molecule is CCCn1nc(CC)c(Sc2nc3ccccc3o2)c1CC. The van der Waals surface area contributed by atoms with E-state index in [1.54, 1.807) is 11.8 Å². The highest BCUT2D eigenvalue weighted by Crippen LogP contribution is 2.35. The van der Waals surface area contributed by atoms with Gasteiger partial charge in [0.1, 0.15) is 5.52 Å². The van der Waals surface area contributed by atoms with Crippen LogP contribution in [0.15, 0.2) is 38.8 Å². The molecule has 3 aromatic rings. The van der Waals surface area contributed by atoms with Gasteiger partial charge in [0, 0.05) is 6.54 Å². The average Bonchev–Trinajstić information content (AvgIpc) is 3.08. The third kappa shape index (κ3) is 2.77. The Bertz CT molecular complexity index is 742. The van der Waals surface area contributed by atoms with Gasteiger partial charge >= 0.3 is 0 Å². The summed E-state index contributed by atoms with van der Waals surface area (Å²) in [7, 11) is 0. The van der Waals surface area contributed by atoms with E-state index in [4.69, 9.17) is 9.52 Å². The summed E-state index contributed by atoms with van der Waals surface area (Å²) in [6, 6.07) is 7.88. The number of aryl methyl sites for hydroxylation is 2. The van der Waals surface area contributed by atoms with Gasteiger partial charge in [0.25, 0.3) is 5.22 Å². The molecule has 1 aromatic carbocycles. The zero-order valence-corrected chi connectivity index (χ0v) is 14.1. The molecule has 0 bridgehead atoms. The van der Waals surface area contributed by atoms with Crippen LogP contribution in [0.2, 0.25) is 0 Å². The van der Waals surface area contributed by atoms with E-state index >= 15 is 0 Å². The Morgan fingerprint density at radius 3 is 2.64 bits per heavy atom. The molecule has 0 aliphatic carbocycles. The molecule has 4 nitrogen and oxygen atoms in total. The molecular formula is C17H21N3OS. The van der Waals surface area contributed by atoms with Gasteiger partial charge in [0.15, 0.2) is 5.58 Å². The maximum Gasteiger partial charge on any atom is 0.261 e. The average molecular weight is 315 g/mol. The molecule has 0 saturated heterocycles. The zero-order chi connectivity index (χ0) is 15.5. The summed E-state index contributed by atoms with van der Waals surface area (Å²) in [4.78, 5) is 5.79. The van der Waals surface area contributed by atoms with Crippen molar-refractivity contribution in [3.63, 3.8) is 0 Å². The van der Waals surface area contributed by atoms with Crippen molar-refractivity contribution in [3.8, 4) is 0 Å². The van der Waals surface area contributed by atoms with E-state index < -0.39 is 0 Å². The topological polar surface area (TPSA) is 43.9 Å². The van der Waals surface area contributed by atoms with Gasteiger partial charge in [-0.25, -0.2) is 4.98 Å². The van der Waals surface area contributed by atoms with Crippen LogP contribution in [-0.2, 0) is 19.4 Å². The lowest BCUT2D eigenvalue weighted by Gasteiger charge is -2.04. The molecule has 0 spiro atoms. The molecule has 0 unspecified atom stereocenters. The minimum Gasteiger partial charge on any atom is -0.431 e. The van der Waals surface area contributed by atoms with E-state index in [1.165, 1.54) is 10.6 Å². The highest BCUT2D eigenvalue weighted by Gasteiger charge is 2.18. The van der Waals surface area contributed by atoms with E-state index in [1.807, 2.05) is 24.3 Å². The summed E-state index contributed by atoms with van der Waals surface area (Å²) in [6.45, 7) is 7.47. The van der Waals surface area contributed by atoms with Crippen molar-refractivity contribution >= 4 is 22.9 Å². The monoisotopic (exact) mass is 315 g/mol. The summed E-state index contributed by atoms with van der Waals surface area (Å²) in [5.41, 5.74) is 4.16. The number of hydrogen-bond donors (Lipinski definition) is 0. The van der Waals surface area contributed by atoms with Crippen LogP contribution in [0.1, 0.15) is 38.6 Å². The van der Waals surface area contributed by atoms with Crippen molar-refractivity contribution < 1.29 is 4.42 Å². The van der Waals surface area contributed by atoms with E-state index in [9.17, 15) is 0 Å². The molecule has 0 amide bonds. The largest absolute Gasteiger partial charge is 0.431 e.